The first-order chi connectivity index (χ1) is 10.8. The highest BCUT2D eigenvalue weighted by atomic mass is 19.1. The maximum atomic E-state index is 13.1. The van der Waals surface area contributed by atoms with Crippen LogP contribution in [0.15, 0.2) is 30.6 Å². The average molecular weight is 306 g/mol. The highest BCUT2D eigenvalue weighted by molar-refractivity contribution is 6.58. The fourth-order valence-corrected chi connectivity index (χ4v) is 1.69. The maximum Gasteiger partial charge on any atom is 0.293 e. The number of aryl methyl sites for hydroxylation is 1. The fourth-order valence-electron chi connectivity index (χ4n) is 1.69. The van der Waals surface area contributed by atoms with Gasteiger partial charge in [-0.05, 0) is 37.6 Å². The van der Waals surface area contributed by atoms with Gasteiger partial charge in [-0.3, -0.25) is 14.8 Å². The van der Waals surface area contributed by atoms with Crippen molar-refractivity contribution in [1.29, 1.82) is 0 Å². The van der Waals surface area contributed by atoms with Gasteiger partial charge in [0.2, 0.25) is 0 Å². The van der Waals surface area contributed by atoms with Crippen LogP contribution in [-0.4, -0.2) is 46.6 Å². The van der Waals surface area contributed by atoms with E-state index in [1.165, 1.54) is 6.07 Å². The van der Waals surface area contributed by atoms with Crippen molar-refractivity contribution in [2.24, 2.45) is 0 Å². The Bertz CT molecular complexity index is 663. The highest BCUT2D eigenvalue weighted by Crippen LogP contribution is 2.23. The third-order valence-corrected chi connectivity index (χ3v) is 2.67. The van der Waals surface area contributed by atoms with E-state index in [1.807, 2.05) is 0 Å². The number of ether oxygens (including phenoxy) is 1. The lowest BCUT2D eigenvalue weighted by atomic mass is 9.41. The number of halogens is 1. The first-order valence-corrected chi connectivity index (χ1v) is 6.80. The predicted octanol–water partition coefficient (Wildman–Crippen LogP) is 1.39. The van der Waals surface area contributed by atoms with Crippen molar-refractivity contribution < 1.29 is 13.9 Å². The molecular formula is C15H14B3FN2O2. The summed E-state index contributed by atoms with van der Waals surface area (Å²) in [5, 5.41) is -1.53. The molecule has 2 aromatic rings. The lowest BCUT2D eigenvalue weighted by Gasteiger charge is -2.20. The summed E-state index contributed by atoms with van der Waals surface area (Å²) >= 11 is 0. The van der Waals surface area contributed by atoms with Gasteiger partial charge in [0.25, 0.3) is 6.47 Å². The smallest absolute Gasteiger partial charge is 0.293 e. The molecule has 0 aromatic carbocycles. The standard InChI is InChI=1S/C12H8B3FN2.C3H6O2/c1-7-2-8(4-11(18-7)12(13,14)15)9-3-10(16)6-17-5-9;1-2-5-3-4/h2-6H,1H3;3H,2H2,1H3. The second kappa shape index (κ2) is 8.51. The number of aromatic nitrogens is 2. The molecule has 0 atom stereocenters. The Morgan fingerprint density at radius 2 is 1.91 bits per heavy atom. The van der Waals surface area contributed by atoms with Crippen LogP contribution >= 0.6 is 0 Å². The van der Waals surface area contributed by atoms with Gasteiger partial charge in [0.15, 0.2) is 0 Å². The van der Waals surface area contributed by atoms with E-state index in [0.29, 0.717) is 30.0 Å². The molecule has 0 fully saturated rings. The molecule has 2 heterocycles. The Kier molecular flexibility index (Phi) is 7.01. The van der Waals surface area contributed by atoms with Crippen LogP contribution in [-0.2, 0) is 14.6 Å². The van der Waals surface area contributed by atoms with Gasteiger partial charge in [0.1, 0.15) is 5.82 Å². The Hall–Kier alpha value is -2.11. The van der Waals surface area contributed by atoms with Crippen molar-refractivity contribution in [2.45, 2.75) is 19.0 Å². The van der Waals surface area contributed by atoms with Gasteiger partial charge in [-0.25, -0.2) is 4.39 Å². The number of hydrogen-bond acceptors (Lipinski definition) is 4. The van der Waals surface area contributed by atoms with Crippen LogP contribution in [0.5, 0.6) is 0 Å². The van der Waals surface area contributed by atoms with Crippen molar-refractivity contribution in [1.82, 2.24) is 9.97 Å². The Labute approximate surface area is 139 Å². The zero-order chi connectivity index (χ0) is 17.5. The van der Waals surface area contributed by atoms with E-state index in [0.717, 1.165) is 11.8 Å². The minimum absolute atomic E-state index is 0.335. The van der Waals surface area contributed by atoms with Gasteiger partial charge in [0.05, 0.1) is 36.3 Å². The van der Waals surface area contributed by atoms with Crippen LogP contribution in [0.4, 0.5) is 4.39 Å². The van der Waals surface area contributed by atoms with Crippen LogP contribution in [0.1, 0.15) is 18.3 Å². The molecule has 4 nitrogen and oxygen atoms in total. The molecule has 8 heteroatoms. The molecule has 0 amide bonds. The number of carbonyl (C=O) groups excluding carboxylic acids is 1. The van der Waals surface area contributed by atoms with E-state index < -0.39 is 10.9 Å². The second-order valence-electron chi connectivity index (χ2n) is 4.76. The average Bonchev–Trinajstić information content (AvgIpc) is 2.47. The molecule has 0 bridgehead atoms. The zero-order valence-corrected chi connectivity index (χ0v) is 13.0. The van der Waals surface area contributed by atoms with E-state index in [4.69, 9.17) is 23.5 Å². The van der Waals surface area contributed by atoms with Gasteiger partial charge >= 0.3 is 0 Å². The summed E-state index contributed by atoms with van der Waals surface area (Å²) in [6.45, 7) is 4.45. The second-order valence-corrected chi connectivity index (χ2v) is 4.76. The Morgan fingerprint density at radius 1 is 1.22 bits per heavy atom. The van der Waals surface area contributed by atoms with Crippen LogP contribution in [0, 0.1) is 12.7 Å². The van der Waals surface area contributed by atoms with Crippen molar-refractivity contribution >= 4 is 30.0 Å². The summed E-state index contributed by atoms with van der Waals surface area (Å²) in [7, 11) is 16.8. The van der Waals surface area contributed by atoms with E-state index in [9.17, 15) is 9.18 Å². The molecule has 0 aliphatic rings. The monoisotopic (exact) mass is 306 g/mol. The SMILES string of the molecule is CCOC=O.[B]C([B])([B])c1cc(-c2cncc(F)c2)cc(C)n1. The van der Waals surface area contributed by atoms with Crippen molar-refractivity contribution in [3.8, 4) is 11.1 Å². The minimum atomic E-state index is -1.53. The number of pyridine rings is 2. The summed E-state index contributed by atoms with van der Waals surface area (Å²) in [4.78, 5) is 17.1. The lowest BCUT2D eigenvalue weighted by molar-refractivity contribution is -0.128. The van der Waals surface area contributed by atoms with Crippen LogP contribution in [0.2, 0.25) is 0 Å². The Morgan fingerprint density at radius 3 is 2.39 bits per heavy atom. The summed E-state index contributed by atoms with van der Waals surface area (Å²) in [5.74, 6) is -0.414. The van der Waals surface area contributed by atoms with Crippen molar-refractivity contribution in [3.05, 3.63) is 47.8 Å². The van der Waals surface area contributed by atoms with E-state index in [-0.39, 0.29) is 0 Å². The molecule has 0 aliphatic heterocycles. The molecule has 6 radical (unpaired) electrons. The Balaban J connectivity index is 0.000000463. The van der Waals surface area contributed by atoms with E-state index >= 15 is 0 Å². The molecule has 0 spiro atoms. The van der Waals surface area contributed by atoms with E-state index in [1.54, 1.807) is 32.2 Å². The number of rotatable bonds is 4. The largest absolute Gasteiger partial charge is 0.468 e. The fraction of sp³-hybridized carbons (Fsp3) is 0.267. The lowest BCUT2D eigenvalue weighted by Crippen LogP contribution is -2.28. The summed E-state index contributed by atoms with van der Waals surface area (Å²) < 4.78 is 17.3. The van der Waals surface area contributed by atoms with E-state index in [2.05, 4.69) is 14.7 Å². The van der Waals surface area contributed by atoms with Gasteiger partial charge in [-0.2, -0.15) is 0 Å². The summed E-state index contributed by atoms with van der Waals surface area (Å²) in [5.41, 5.74) is 2.36. The quantitative estimate of drug-likeness (QED) is 0.633. The normalized spacial score (nSPS) is 10.4. The first-order valence-electron chi connectivity index (χ1n) is 6.80. The molecular weight excluding hydrogens is 292 g/mol. The summed E-state index contributed by atoms with van der Waals surface area (Å²) in [6, 6.07) is 4.78. The van der Waals surface area contributed by atoms with Gasteiger partial charge in [-0.1, -0.05) is 5.11 Å². The molecule has 0 saturated carbocycles. The predicted molar refractivity (Wildman–Crippen MR) is 88.8 cm³/mol. The third-order valence-electron chi connectivity index (χ3n) is 2.67. The van der Waals surface area contributed by atoms with Gasteiger partial charge < -0.3 is 4.74 Å². The van der Waals surface area contributed by atoms with Crippen molar-refractivity contribution in [2.75, 3.05) is 6.61 Å². The third kappa shape index (κ3) is 6.26. The maximum absolute atomic E-state index is 13.1. The number of carbonyl (C=O) groups is 1. The number of nitrogens with zero attached hydrogens (tertiary/aromatic N) is 2. The van der Waals surface area contributed by atoms with Gasteiger partial charge in [0, 0.05) is 23.1 Å². The summed E-state index contributed by atoms with van der Waals surface area (Å²) in [6.07, 6.45) is 2.68. The molecule has 0 N–H and O–H groups in total. The molecule has 0 saturated heterocycles. The van der Waals surface area contributed by atoms with Crippen molar-refractivity contribution in [3.63, 3.8) is 0 Å². The molecule has 2 aromatic heterocycles. The number of hydrogen-bond donors (Lipinski definition) is 0. The molecule has 23 heavy (non-hydrogen) atoms. The van der Waals surface area contributed by atoms with Crippen LogP contribution < -0.4 is 0 Å². The molecule has 0 unspecified atom stereocenters. The zero-order valence-electron chi connectivity index (χ0n) is 13.0. The molecule has 2 rings (SSSR count). The highest BCUT2D eigenvalue weighted by Gasteiger charge is 2.15. The topological polar surface area (TPSA) is 52.1 Å². The minimum Gasteiger partial charge on any atom is -0.468 e. The van der Waals surface area contributed by atoms with Gasteiger partial charge in [-0.15, -0.1) is 0 Å². The van der Waals surface area contributed by atoms with Crippen LogP contribution in [0.3, 0.4) is 0 Å². The van der Waals surface area contributed by atoms with Crippen LogP contribution in [0.25, 0.3) is 11.1 Å². The molecule has 0 aliphatic carbocycles. The molecule has 112 valence electrons. The first kappa shape index (κ1) is 18.9.